The number of hydrogen-bond donors (Lipinski definition) is 1. The van der Waals surface area contributed by atoms with Crippen molar-refractivity contribution in [1.82, 2.24) is 9.97 Å². The molecule has 0 amide bonds. The third kappa shape index (κ3) is 2.84. The highest BCUT2D eigenvalue weighted by Crippen LogP contribution is 2.35. The quantitative estimate of drug-likeness (QED) is 0.771. The fourth-order valence-electron chi connectivity index (χ4n) is 4.06. The van der Waals surface area contributed by atoms with Gasteiger partial charge in [0.1, 0.15) is 0 Å². The number of benzene rings is 1. The zero-order chi connectivity index (χ0) is 18.1. The third-order valence-electron chi connectivity index (χ3n) is 5.63. The van der Waals surface area contributed by atoms with Crippen molar-refractivity contribution >= 4 is 16.6 Å². The molecule has 1 atom stereocenters. The summed E-state index contributed by atoms with van der Waals surface area (Å²) in [5.41, 5.74) is 11.9. The van der Waals surface area contributed by atoms with Gasteiger partial charge in [-0.2, -0.15) is 0 Å². The van der Waals surface area contributed by atoms with Gasteiger partial charge in [0.25, 0.3) is 0 Å². The van der Waals surface area contributed by atoms with Crippen molar-refractivity contribution in [3.63, 3.8) is 0 Å². The van der Waals surface area contributed by atoms with Crippen LogP contribution < -0.4 is 10.6 Å². The summed E-state index contributed by atoms with van der Waals surface area (Å²) in [7, 11) is 0. The normalized spacial score (nSPS) is 16.8. The minimum absolute atomic E-state index is 0.531. The number of rotatable bonds is 4. The molecule has 1 unspecified atom stereocenters. The Labute approximate surface area is 155 Å². The summed E-state index contributed by atoms with van der Waals surface area (Å²) in [6, 6.07) is 12.8. The summed E-state index contributed by atoms with van der Waals surface area (Å²) < 4.78 is 0. The zero-order valence-electron chi connectivity index (χ0n) is 15.6. The molecule has 0 bridgehead atoms. The van der Waals surface area contributed by atoms with Gasteiger partial charge in [0.2, 0.25) is 0 Å². The highest BCUT2D eigenvalue weighted by Gasteiger charge is 2.28. The average molecular weight is 346 g/mol. The second-order valence-corrected chi connectivity index (χ2v) is 7.27. The van der Waals surface area contributed by atoms with E-state index in [2.05, 4.69) is 48.0 Å². The van der Waals surface area contributed by atoms with E-state index >= 15 is 0 Å². The standard InChI is InChI=1S/C22H26N4/c1-3-22(23,17-8-10-24-11-9-17)18-6-7-19-20(15-18)25-16(2)14-21(19)26-12-4-5-13-26/h6-11,14-15H,3-5,12-13,23H2,1-2H3. The molecule has 1 aliphatic heterocycles. The predicted octanol–water partition coefficient (Wildman–Crippen LogP) is 4.15. The molecule has 0 radical (unpaired) electrons. The van der Waals surface area contributed by atoms with E-state index in [0.717, 1.165) is 41.8 Å². The maximum absolute atomic E-state index is 6.86. The second-order valence-electron chi connectivity index (χ2n) is 7.27. The average Bonchev–Trinajstić information content (AvgIpc) is 3.21. The lowest BCUT2D eigenvalue weighted by Gasteiger charge is -2.30. The van der Waals surface area contributed by atoms with Gasteiger partial charge in [-0.15, -0.1) is 0 Å². The van der Waals surface area contributed by atoms with E-state index in [9.17, 15) is 0 Å². The Bertz CT molecular complexity index is 916. The summed E-state index contributed by atoms with van der Waals surface area (Å²) in [4.78, 5) is 11.4. The van der Waals surface area contributed by atoms with Gasteiger partial charge in [0.15, 0.2) is 0 Å². The number of nitrogens with zero attached hydrogens (tertiary/aromatic N) is 3. The van der Waals surface area contributed by atoms with E-state index in [0.29, 0.717) is 0 Å². The molecule has 4 rings (SSSR count). The molecular weight excluding hydrogens is 320 g/mol. The van der Waals surface area contributed by atoms with Crippen LogP contribution in [0.1, 0.15) is 43.0 Å². The molecule has 4 nitrogen and oxygen atoms in total. The fraction of sp³-hybridized carbons (Fsp3) is 0.364. The number of nitrogens with two attached hydrogens (primary N) is 1. The molecule has 0 spiro atoms. The molecule has 26 heavy (non-hydrogen) atoms. The molecule has 2 N–H and O–H groups in total. The van der Waals surface area contributed by atoms with Crippen molar-refractivity contribution in [3.8, 4) is 0 Å². The van der Waals surface area contributed by atoms with E-state index in [-0.39, 0.29) is 0 Å². The highest BCUT2D eigenvalue weighted by atomic mass is 15.1. The van der Waals surface area contributed by atoms with Crippen molar-refractivity contribution < 1.29 is 0 Å². The zero-order valence-corrected chi connectivity index (χ0v) is 15.6. The molecule has 1 aromatic carbocycles. The molecule has 1 fully saturated rings. The maximum atomic E-state index is 6.86. The van der Waals surface area contributed by atoms with E-state index in [1.54, 1.807) is 0 Å². The van der Waals surface area contributed by atoms with Crippen molar-refractivity contribution in [2.45, 2.75) is 38.6 Å². The van der Waals surface area contributed by atoms with Crippen molar-refractivity contribution in [2.75, 3.05) is 18.0 Å². The summed E-state index contributed by atoms with van der Waals surface area (Å²) in [6.07, 6.45) is 6.96. The number of anilines is 1. The van der Waals surface area contributed by atoms with Gasteiger partial charge in [-0.05, 0) is 61.6 Å². The molecule has 3 heterocycles. The smallest absolute Gasteiger partial charge is 0.0729 e. The van der Waals surface area contributed by atoms with Gasteiger partial charge in [0, 0.05) is 42.3 Å². The largest absolute Gasteiger partial charge is 0.371 e. The Morgan fingerprint density at radius 3 is 2.46 bits per heavy atom. The summed E-state index contributed by atoms with van der Waals surface area (Å²) in [6.45, 7) is 6.47. The molecule has 4 heteroatoms. The SMILES string of the molecule is CCC(N)(c1ccncc1)c1ccc2c(N3CCCC3)cc(C)nc2c1. The molecule has 2 aromatic heterocycles. The van der Waals surface area contributed by atoms with Crippen LogP contribution in [-0.2, 0) is 5.54 Å². The van der Waals surface area contributed by atoms with Crippen LogP contribution >= 0.6 is 0 Å². The monoisotopic (exact) mass is 346 g/mol. The number of hydrogen-bond acceptors (Lipinski definition) is 4. The van der Waals surface area contributed by atoms with Crippen LogP contribution in [-0.4, -0.2) is 23.1 Å². The van der Waals surface area contributed by atoms with E-state index in [4.69, 9.17) is 10.7 Å². The Kier molecular flexibility index (Phi) is 4.37. The summed E-state index contributed by atoms with van der Waals surface area (Å²) >= 11 is 0. The number of fused-ring (bicyclic) bond motifs is 1. The van der Waals surface area contributed by atoms with Crippen LogP contribution in [0.15, 0.2) is 48.8 Å². The van der Waals surface area contributed by atoms with Crippen molar-refractivity contribution in [2.24, 2.45) is 5.73 Å². The van der Waals surface area contributed by atoms with Gasteiger partial charge in [-0.1, -0.05) is 19.1 Å². The number of aryl methyl sites for hydroxylation is 1. The van der Waals surface area contributed by atoms with Gasteiger partial charge in [0.05, 0.1) is 11.1 Å². The number of aromatic nitrogens is 2. The molecule has 3 aromatic rings. The van der Waals surface area contributed by atoms with Gasteiger partial charge < -0.3 is 10.6 Å². The van der Waals surface area contributed by atoms with E-state index in [1.165, 1.54) is 23.9 Å². The van der Waals surface area contributed by atoms with Crippen molar-refractivity contribution in [1.29, 1.82) is 0 Å². The Morgan fingerprint density at radius 1 is 1.04 bits per heavy atom. The molecule has 1 aliphatic rings. The molecular formula is C22H26N4. The minimum atomic E-state index is -0.531. The van der Waals surface area contributed by atoms with Crippen molar-refractivity contribution in [3.05, 3.63) is 65.6 Å². The van der Waals surface area contributed by atoms with Gasteiger partial charge in [-0.3, -0.25) is 9.97 Å². The van der Waals surface area contributed by atoms with Crippen LogP contribution in [0.4, 0.5) is 5.69 Å². The first-order valence-corrected chi connectivity index (χ1v) is 9.48. The minimum Gasteiger partial charge on any atom is -0.371 e. The first kappa shape index (κ1) is 17.0. The maximum Gasteiger partial charge on any atom is 0.0729 e. The third-order valence-corrected chi connectivity index (χ3v) is 5.63. The molecule has 0 aliphatic carbocycles. The first-order valence-electron chi connectivity index (χ1n) is 9.48. The van der Waals surface area contributed by atoms with Gasteiger partial charge in [-0.25, -0.2) is 0 Å². The lowest BCUT2D eigenvalue weighted by molar-refractivity contribution is 0.519. The Balaban J connectivity index is 1.85. The van der Waals surface area contributed by atoms with Crippen LogP contribution in [0.3, 0.4) is 0 Å². The van der Waals surface area contributed by atoms with Crippen LogP contribution in [0.5, 0.6) is 0 Å². The molecule has 0 saturated carbocycles. The van der Waals surface area contributed by atoms with E-state index in [1.807, 2.05) is 24.5 Å². The molecule has 1 saturated heterocycles. The lowest BCUT2D eigenvalue weighted by Crippen LogP contribution is -2.37. The van der Waals surface area contributed by atoms with E-state index < -0.39 is 5.54 Å². The molecule has 134 valence electrons. The Morgan fingerprint density at radius 2 is 1.77 bits per heavy atom. The Hall–Kier alpha value is -2.46. The van der Waals surface area contributed by atoms with Crippen LogP contribution in [0, 0.1) is 6.92 Å². The predicted molar refractivity (Wildman–Crippen MR) is 107 cm³/mol. The van der Waals surface area contributed by atoms with Gasteiger partial charge >= 0.3 is 0 Å². The topological polar surface area (TPSA) is 55.0 Å². The highest BCUT2D eigenvalue weighted by molar-refractivity contribution is 5.92. The number of pyridine rings is 2. The van der Waals surface area contributed by atoms with Crippen LogP contribution in [0.25, 0.3) is 10.9 Å². The second kappa shape index (κ2) is 6.69. The lowest BCUT2D eigenvalue weighted by atomic mass is 9.81. The summed E-state index contributed by atoms with van der Waals surface area (Å²) in [5.74, 6) is 0. The van der Waals surface area contributed by atoms with Crippen LogP contribution in [0.2, 0.25) is 0 Å². The summed E-state index contributed by atoms with van der Waals surface area (Å²) in [5, 5.41) is 1.22. The fourth-order valence-corrected chi connectivity index (χ4v) is 4.06. The first-order chi connectivity index (χ1) is 12.6.